The average Bonchev–Trinajstić information content (AvgIpc) is 2.14. The number of rotatable bonds is 2. The van der Waals surface area contributed by atoms with Crippen LogP contribution in [0.4, 0.5) is 5.69 Å². The summed E-state index contributed by atoms with van der Waals surface area (Å²) in [6.07, 6.45) is 1.97. The summed E-state index contributed by atoms with van der Waals surface area (Å²) >= 11 is 0. The van der Waals surface area contributed by atoms with E-state index < -0.39 is 0 Å². The molecule has 0 aliphatic heterocycles. The van der Waals surface area contributed by atoms with E-state index in [-0.39, 0.29) is 5.41 Å². The fraction of sp³-hybridized carbons (Fsp3) is 0.462. The molecule has 0 aliphatic rings. The van der Waals surface area contributed by atoms with Gasteiger partial charge in [-0.2, -0.15) is 0 Å². The molecule has 0 aliphatic carbocycles. The Kier molecular flexibility index (Phi) is 3.51. The maximum Gasteiger partial charge on any atom is 0.121 e. The largest absolute Gasteiger partial charge is 0.496 e. The summed E-state index contributed by atoms with van der Waals surface area (Å²) in [6.45, 7) is 8.42. The van der Waals surface area contributed by atoms with Crippen LogP contribution in [0.5, 0.6) is 5.75 Å². The van der Waals surface area contributed by atoms with Crippen LogP contribution in [0.25, 0.3) is 0 Å². The minimum atomic E-state index is 0.119. The van der Waals surface area contributed by atoms with E-state index in [1.807, 2.05) is 31.3 Å². The van der Waals surface area contributed by atoms with Crippen LogP contribution in [-0.4, -0.2) is 13.3 Å². The highest BCUT2D eigenvalue weighted by molar-refractivity contribution is 5.68. The Labute approximate surface area is 92.0 Å². The van der Waals surface area contributed by atoms with Gasteiger partial charge in [0, 0.05) is 6.21 Å². The first-order valence-corrected chi connectivity index (χ1v) is 5.12. The number of hydrogen-bond acceptors (Lipinski definition) is 2. The lowest BCUT2D eigenvalue weighted by molar-refractivity contribution is 0.412. The van der Waals surface area contributed by atoms with Crippen molar-refractivity contribution in [1.29, 1.82) is 0 Å². The van der Waals surface area contributed by atoms with Crippen LogP contribution in [0, 0.1) is 12.3 Å². The number of aliphatic imine (C=N–C) groups is 1. The molecular weight excluding hydrogens is 186 g/mol. The molecular formula is C13H19NO. The molecule has 0 bridgehead atoms. The third kappa shape index (κ3) is 3.74. The maximum atomic E-state index is 5.19. The van der Waals surface area contributed by atoms with Crippen molar-refractivity contribution in [2.75, 3.05) is 7.11 Å². The van der Waals surface area contributed by atoms with Crippen molar-refractivity contribution in [3.63, 3.8) is 0 Å². The van der Waals surface area contributed by atoms with E-state index in [2.05, 4.69) is 25.8 Å². The molecule has 2 nitrogen and oxygen atoms in total. The number of nitrogens with zero attached hydrogens (tertiary/aromatic N) is 1. The van der Waals surface area contributed by atoms with Gasteiger partial charge in [-0.05, 0) is 36.1 Å². The van der Waals surface area contributed by atoms with Crippen LogP contribution in [0.2, 0.25) is 0 Å². The molecule has 2 heteroatoms. The van der Waals surface area contributed by atoms with Crippen molar-refractivity contribution >= 4 is 11.9 Å². The van der Waals surface area contributed by atoms with E-state index in [9.17, 15) is 0 Å². The number of methoxy groups -OCH3 is 1. The average molecular weight is 205 g/mol. The molecule has 15 heavy (non-hydrogen) atoms. The Bertz CT molecular complexity index is 361. The van der Waals surface area contributed by atoms with Crippen molar-refractivity contribution in [3.8, 4) is 5.75 Å². The Morgan fingerprint density at radius 3 is 2.40 bits per heavy atom. The first-order valence-electron chi connectivity index (χ1n) is 5.12. The highest BCUT2D eigenvalue weighted by Crippen LogP contribution is 2.23. The summed E-state index contributed by atoms with van der Waals surface area (Å²) in [7, 11) is 1.68. The van der Waals surface area contributed by atoms with Gasteiger partial charge >= 0.3 is 0 Å². The third-order valence-corrected chi connectivity index (χ3v) is 1.98. The lowest BCUT2D eigenvalue weighted by atomic mass is 9.99. The zero-order valence-electron chi connectivity index (χ0n) is 10.2. The lowest BCUT2D eigenvalue weighted by Crippen LogP contribution is -2.05. The molecule has 0 amide bonds. The van der Waals surface area contributed by atoms with Crippen molar-refractivity contribution in [1.82, 2.24) is 0 Å². The second kappa shape index (κ2) is 4.47. The Morgan fingerprint density at radius 2 is 1.93 bits per heavy atom. The van der Waals surface area contributed by atoms with Crippen LogP contribution in [0.15, 0.2) is 23.2 Å². The Morgan fingerprint density at radius 1 is 1.27 bits per heavy atom. The molecule has 0 saturated heterocycles. The van der Waals surface area contributed by atoms with E-state index in [1.54, 1.807) is 7.11 Å². The van der Waals surface area contributed by atoms with Crippen molar-refractivity contribution < 1.29 is 4.74 Å². The lowest BCUT2D eigenvalue weighted by Gasteiger charge is -2.10. The zero-order valence-corrected chi connectivity index (χ0v) is 10.2. The number of benzene rings is 1. The SMILES string of the molecule is COc1ccc(N=CC(C)(C)C)cc1C. The molecule has 0 saturated carbocycles. The van der Waals surface area contributed by atoms with E-state index in [0.29, 0.717) is 0 Å². The fourth-order valence-electron chi connectivity index (χ4n) is 1.21. The van der Waals surface area contributed by atoms with E-state index in [0.717, 1.165) is 17.0 Å². The Hall–Kier alpha value is -1.31. The zero-order chi connectivity index (χ0) is 11.5. The second-order valence-corrected chi connectivity index (χ2v) is 4.78. The van der Waals surface area contributed by atoms with Gasteiger partial charge < -0.3 is 4.74 Å². The number of hydrogen-bond donors (Lipinski definition) is 0. The van der Waals surface area contributed by atoms with E-state index in [1.165, 1.54) is 0 Å². The molecule has 0 spiro atoms. The van der Waals surface area contributed by atoms with Gasteiger partial charge in [-0.3, -0.25) is 4.99 Å². The second-order valence-electron chi connectivity index (χ2n) is 4.78. The van der Waals surface area contributed by atoms with Gasteiger partial charge in [0.15, 0.2) is 0 Å². The molecule has 0 heterocycles. The first-order chi connectivity index (χ1) is 6.92. The first kappa shape index (κ1) is 11.8. The minimum absolute atomic E-state index is 0.119. The molecule has 1 aromatic rings. The van der Waals surface area contributed by atoms with Gasteiger partial charge in [0.25, 0.3) is 0 Å². The predicted molar refractivity (Wildman–Crippen MR) is 65.3 cm³/mol. The van der Waals surface area contributed by atoms with Crippen molar-refractivity contribution in [2.45, 2.75) is 27.7 Å². The van der Waals surface area contributed by atoms with Crippen LogP contribution < -0.4 is 4.74 Å². The topological polar surface area (TPSA) is 21.6 Å². The van der Waals surface area contributed by atoms with Gasteiger partial charge in [-0.1, -0.05) is 20.8 Å². The smallest absolute Gasteiger partial charge is 0.121 e. The monoisotopic (exact) mass is 205 g/mol. The highest BCUT2D eigenvalue weighted by Gasteiger charge is 2.05. The molecule has 1 rings (SSSR count). The normalized spacial score (nSPS) is 12.1. The summed E-state index contributed by atoms with van der Waals surface area (Å²) < 4.78 is 5.19. The van der Waals surface area contributed by atoms with E-state index in [4.69, 9.17) is 4.74 Å². The molecule has 0 N–H and O–H groups in total. The quantitative estimate of drug-likeness (QED) is 0.674. The molecule has 0 atom stereocenters. The third-order valence-electron chi connectivity index (χ3n) is 1.98. The summed E-state index contributed by atoms with van der Waals surface area (Å²) in [5.41, 5.74) is 2.21. The summed E-state index contributed by atoms with van der Waals surface area (Å²) in [6, 6.07) is 5.94. The van der Waals surface area contributed by atoms with Crippen LogP contribution >= 0.6 is 0 Å². The summed E-state index contributed by atoms with van der Waals surface area (Å²) in [5, 5.41) is 0. The van der Waals surface area contributed by atoms with Gasteiger partial charge in [-0.15, -0.1) is 0 Å². The Balaban J connectivity index is 2.89. The number of aryl methyl sites for hydroxylation is 1. The summed E-state index contributed by atoms with van der Waals surface area (Å²) in [5.74, 6) is 0.907. The van der Waals surface area contributed by atoms with Gasteiger partial charge in [0.1, 0.15) is 5.75 Å². The molecule has 0 aromatic heterocycles. The predicted octanol–water partition coefficient (Wildman–Crippen LogP) is 3.75. The number of ether oxygens (including phenoxy) is 1. The maximum absolute atomic E-state index is 5.19. The van der Waals surface area contributed by atoms with Crippen molar-refractivity contribution in [2.24, 2.45) is 10.4 Å². The molecule has 82 valence electrons. The van der Waals surface area contributed by atoms with Crippen molar-refractivity contribution in [3.05, 3.63) is 23.8 Å². The molecule has 0 radical (unpaired) electrons. The molecule has 1 aromatic carbocycles. The summed E-state index contributed by atoms with van der Waals surface area (Å²) in [4.78, 5) is 4.43. The minimum Gasteiger partial charge on any atom is -0.496 e. The molecule has 0 fully saturated rings. The van der Waals surface area contributed by atoms with Crippen LogP contribution in [0.3, 0.4) is 0 Å². The standard InChI is InChI=1S/C13H19NO/c1-10-8-11(6-7-12(10)15-5)14-9-13(2,3)4/h6-9H,1-5H3. The fourth-order valence-corrected chi connectivity index (χ4v) is 1.21. The molecule has 0 unspecified atom stereocenters. The van der Waals surface area contributed by atoms with Crippen LogP contribution in [-0.2, 0) is 0 Å². The van der Waals surface area contributed by atoms with Gasteiger partial charge in [-0.25, -0.2) is 0 Å². The van der Waals surface area contributed by atoms with E-state index >= 15 is 0 Å². The highest BCUT2D eigenvalue weighted by atomic mass is 16.5. The van der Waals surface area contributed by atoms with Gasteiger partial charge in [0.2, 0.25) is 0 Å². The van der Waals surface area contributed by atoms with Gasteiger partial charge in [0.05, 0.1) is 12.8 Å². The van der Waals surface area contributed by atoms with Crippen LogP contribution in [0.1, 0.15) is 26.3 Å².